The monoisotopic (exact) mass is 639 g/mol. The van der Waals surface area contributed by atoms with Crippen LogP contribution in [0.1, 0.15) is 169 Å². The summed E-state index contributed by atoms with van der Waals surface area (Å²) in [6.45, 7) is 19.1. The van der Waals surface area contributed by atoms with Crippen molar-refractivity contribution in [3.05, 3.63) is 41.1 Å². The summed E-state index contributed by atoms with van der Waals surface area (Å²) >= 11 is 0. The molecule has 1 heterocycles. The second-order valence-electron chi connectivity index (χ2n) is 15.8. The van der Waals surface area contributed by atoms with Crippen molar-refractivity contribution in [2.75, 3.05) is 19.5 Å². The Hall–Kier alpha value is -1.97. The predicted octanol–water partition coefficient (Wildman–Crippen LogP) is 13.0. The Morgan fingerprint density at radius 1 is 0.587 bits per heavy atom. The van der Waals surface area contributed by atoms with Gasteiger partial charge in [-0.3, -0.25) is 0 Å². The minimum absolute atomic E-state index is 0.489. The third kappa shape index (κ3) is 15.7. The van der Waals surface area contributed by atoms with Crippen molar-refractivity contribution in [3.63, 3.8) is 0 Å². The molecule has 0 bridgehead atoms. The van der Waals surface area contributed by atoms with Crippen LogP contribution in [0.4, 0.5) is 5.69 Å². The van der Waals surface area contributed by atoms with Gasteiger partial charge in [0.1, 0.15) is 0 Å². The number of rotatable bonds is 25. The normalized spacial score (nSPS) is 16.6. The lowest BCUT2D eigenvalue weighted by atomic mass is 9.88. The molecule has 5 unspecified atom stereocenters. The van der Waals surface area contributed by atoms with E-state index in [4.69, 9.17) is 14.5 Å². The fourth-order valence-electron chi connectivity index (χ4n) is 7.31. The summed E-state index contributed by atoms with van der Waals surface area (Å²) in [5.74, 6) is 6.18. The van der Waals surface area contributed by atoms with E-state index in [0.717, 1.165) is 53.3 Å². The number of aryl methyl sites for hydroxylation is 1. The van der Waals surface area contributed by atoms with Crippen molar-refractivity contribution in [3.8, 4) is 0 Å². The molecule has 5 atom stereocenters. The van der Waals surface area contributed by atoms with Crippen molar-refractivity contribution < 1.29 is 9.47 Å². The maximum atomic E-state index is 5.51. The molecular weight excluding hydrogens is 564 g/mol. The molecule has 0 saturated heterocycles. The van der Waals surface area contributed by atoms with E-state index >= 15 is 0 Å². The van der Waals surface area contributed by atoms with Crippen molar-refractivity contribution in [2.24, 2.45) is 40.5 Å². The van der Waals surface area contributed by atoms with Crippen LogP contribution in [-0.2, 0) is 15.9 Å². The van der Waals surface area contributed by atoms with E-state index in [1.165, 1.54) is 114 Å². The molecule has 0 saturated carbocycles. The maximum absolute atomic E-state index is 5.51. The molecule has 4 nitrogen and oxygen atoms in total. The lowest BCUT2D eigenvalue weighted by Crippen LogP contribution is -2.08. The van der Waals surface area contributed by atoms with Crippen LogP contribution in [-0.4, -0.2) is 19.9 Å². The number of benzene rings is 1. The van der Waals surface area contributed by atoms with Crippen LogP contribution in [0.5, 0.6) is 0 Å². The molecule has 0 aliphatic carbocycles. The molecule has 1 aliphatic heterocycles. The van der Waals surface area contributed by atoms with Gasteiger partial charge in [0, 0.05) is 5.56 Å². The average molecular weight is 639 g/mol. The van der Waals surface area contributed by atoms with E-state index in [-0.39, 0.29) is 0 Å². The molecule has 0 spiro atoms. The van der Waals surface area contributed by atoms with E-state index in [1.807, 2.05) is 0 Å². The van der Waals surface area contributed by atoms with Gasteiger partial charge < -0.3 is 14.8 Å². The van der Waals surface area contributed by atoms with Crippen molar-refractivity contribution in [1.82, 2.24) is 0 Å². The average Bonchev–Trinajstić information content (AvgIpc) is 3.15. The number of aliphatic imine (C=N–C) groups is 1. The van der Waals surface area contributed by atoms with Gasteiger partial charge in [0.05, 0.1) is 25.6 Å². The van der Waals surface area contributed by atoms with Crippen LogP contribution >= 0.6 is 0 Å². The quantitative estimate of drug-likeness (QED) is 0.116. The Kier molecular flexibility index (Phi) is 19.7. The molecule has 0 fully saturated rings. The summed E-state index contributed by atoms with van der Waals surface area (Å²) in [7, 11) is 3.28. The summed E-state index contributed by atoms with van der Waals surface area (Å²) < 4.78 is 11.0. The fraction of sp³-hybridized carbons (Fsp3) is 0.786. The van der Waals surface area contributed by atoms with Crippen molar-refractivity contribution in [1.29, 1.82) is 0 Å². The molecule has 1 aromatic rings. The first kappa shape index (κ1) is 40.2. The Morgan fingerprint density at radius 3 is 1.43 bits per heavy atom. The Labute approximate surface area is 286 Å². The predicted molar refractivity (Wildman–Crippen MR) is 202 cm³/mol. The first-order chi connectivity index (χ1) is 22.0. The number of methoxy groups -OCH3 is 2. The number of fused-ring (bicyclic) bond motifs is 1. The van der Waals surface area contributed by atoms with Crippen LogP contribution in [0.3, 0.4) is 0 Å². The molecule has 0 radical (unpaired) electrons. The SMILES string of the molecule is COC1=C(OC)Nc2cccc(CCC(C)CCCC(C)CCCC(C)CCCC(C)CCCC(C)CCCC(C)C)c2C(C)=N1. The Morgan fingerprint density at radius 2 is 1.02 bits per heavy atom. The van der Waals surface area contributed by atoms with Gasteiger partial charge >= 0.3 is 0 Å². The van der Waals surface area contributed by atoms with Gasteiger partial charge in [-0.15, -0.1) is 0 Å². The molecule has 1 N–H and O–H groups in total. The minimum Gasteiger partial charge on any atom is -0.478 e. The summed E-state index contributed by atoms with van der Waals surface area (Å²) in [6, 6.07) is 6.48. The van der Waals surface area contributed by atoms with Gasteiger partial charge in [-0.2, -0.15) is 0 Å². The minimum atomic E-state index is 0.489. The zero-order chi connectivity index (χ0) is 33.9. The topological polar surface area (TPSA) is 42.9 Å². The smallest absolute Gasteiger partial charge is 0.275 e. The molecule has 1 aromatic carbocycles. The second kappa shape index (κ2) is 22.6. The summed E-state index contributed by atoms with van der Waals surface area (Å²) in [4.78, 5) is 4.71. The first-order valence-corrected chi connectivity index (χ1v) is 19.3. The van der Waals surface area contributed by atoms with Crippen LogP contribution in [0.2, 0.25) is 0 Å². The zero-order valence-corrected chi connectivity index (χ0v) is 32.0. The van der Waals surface area contributed by atoms with Crippen LogP contribution in [0, 0.1) is 35.5 Å². The van der Waals surface area contributed by atoms with Gasteiger partial charge in [0.15, 0.2) is 0 Å². The van der Waals surface area contributed by atoms with Gasteiger partial charge in [-0.1, -0.05) is 157 Å². The molecule has 4 heteroatoms. The van der Waals surface area contributed by atoms with Gasteiger partial charge in [0.2, 0.25) is 0 Å². The van der Waals surface area contributed by atoms with E-state index < -0.39 is 0 Å². The Bertz CT molecular complexity index is 1030. The van der Waals surface area contributed by atoms with Gasteiger partial charge in [-0.25, -0.2) is 4.99 Å². The molecule has 264 valence electrons. The second-order valence-corrected chi connectivity index (χ2v) is 15.8. The van der Waals surface area contributed by atoms with E-state index in [0.29, 0.717) is 11.8 Å². The zero-order valence-electron chi connectivity index (χ0n) is 32.0. The van der Waals surface area contributed by atoms with Crippen molar-refractivity contribution in [2.45, 2.75) is 165 Å². The number of hydrogen-bond acceptors (Lipinski definition) is 4. The molecule has 46 heavy (non-hydrogen) atoms. The van der Waals surface area contributed by atoms with Crippen LogP contribution in [0.25, 0.3) is 0 Å². The van der Waals surface area contributed by atoms with E-state index in [2.05, 4.69) is 78.9 Å². The molecule has 1 aliphatic rings. The Balaban J connectivity index is 1.56. The van der Waals surface area contributed by atoms with Gasteiger partial charge in [0.25, 0.3) is 11.8 Å². The van der Waals surface area contributed by atoms with E-state index in [9.17, 15) is 0 Å². The molecule has 0 amide bonds. The third-order valence-electron chi connectivity index (χ3n) is 10.6. The highest BCUT2D eigenvalue weighted by molar-refractivity contribution is 6.06. The maximum Gasteiger partial charge on any atom is 0.275 e. The number of anilines is 1. The molecular formula is C42H74N2O2. The van der Waals surface area contributed by atoms with Gasteiger partial charge in [-0.05, 0) is 66.9 Å². The largest absolute Gasteiger partial charge is 0.478 e. The highest BCUT2D eigenvalue weighted by Gasteiger charge is 2.20. The molecule has 0 aromatic heterocycles. The molecule has 2 rings (SSSR count). The third-order valence-corrected chi connectivity index (χ3v) is 10.6. The lowest BCUT2D eigenvalue weighted by Gasteiger charge is -2.18. The first-order valence-electron chi connectivity index (χ1n) is 19.3. The lowest BCUT2D eigenvalue weighted by molar-refractivity contribution is 0.224. The fourth-order valence-corrected chi connectivity index (χ4v) is 7.31. The summed E-state index contributed by atoms with van der Waals surface area (Å²) in [5, 5.41) is 3.39. The number of ether oxygens (including phenoxy) is 2. The number of nitrogens with one attached hydrogen (secondary N) is 1. The van der Waals surface area contributed by atoms with Crippen LogP contribution in [0.15, 0.2) is 35.0 Å². The highest BCUT2D eigenvalue weighted by Crippen LogP contribution is 2.30. The van der Waals surface area contributed by atoms with Crippen LogP contribution < -0.4 is 5.32 Å². The number of nitrogens with zero attached hydrogens (tertiary/aromatic N) is 1. The highest BCUT2D eigenvalue weighted by atomic mass is 16.5. The summed E-state index contributed by atoms with van der Waals surface area (Å²) in [6.07, 6.45) is 23.3. The van der Waals surface area contributed by atoms with Crippen molar-refractivity contribution >= 4 is 11.4 Å². The number of hydrogen-bond donors (Lipinski definition) is 1. The summed E-state index contributed by atoms with van der Waals surface area (Å²) in [5.41, 5.74) is 4.54. The van der Waals surface area contributed by atoms with E-state index in [1.54, 1.807) is 14.2 Å². The standard InChI is InChI=1S/C42H74N2O2/c1-31(2)17-11-18-32(3)19-12-20-33(4)21-13-22-34(5)23-14-24-35(6)25-15-26-36(7)29-30-38-27-16-28-39-40(38)37(8)43-41(45-9)42(44-39)46-10/h16,27-28,31-36,44H,11-15,17-26,29-30H2,1-10H3.